The minimum atomic E-state index is -1.40. The summed E-state index contributed by atoms with van der Waals surface area (Å²) in [6.45, 7) is 6.07. The van der Waals surface area contributed by atoms with Gasteiger partial charge >= 0.3 is 5.97 Å². The number of hydrogen-bond acceptors (Lipinski definition) is 4. The average molecular weight is 484 g/mol. The number of aliphatic carboxylic acids is 1. The Morgan fingerprint density at radius 1 is 0.735 bits per heavy atom. The monoisotopic (exact) mass is 483 g/mol. The fraction of sp³-hybridized carbons (Fsp3) is 0.846. The number of rotatable bonds is 22. The van der Waals surface area contributed by atoms with Crippen LogP contribution in [0.4, 0.5) is 0 Å². The van der Waals surface area contributed by atoms with Crippen LogP contribution in [0.3, 0.4) is 0 Å². The maximum absolute atomic E-state index is 12.6. The summed E-state index contributed by atoms with van der Waals surface area (Å²) in [5, 5.41) is 14.2. The van der Waals surface area contributed by atoms with Gasteiger partial charge in [-0.2, -0.15) is 0 Å². The lowest BCUT2D eigenvalue weighted by Gasteiger charge is -2.22. The molecule has 8 heteroatoms. The van der Waals surface area contributed by atoms with Crippen LogP contribution in [-0.4, -0.2) is 40.9 Å². The molecule has 0 aliphatic rings. The first-order valence-electron chi connectivity index (χ1n) is 13.3. The molecule has 0 unspecified atom stereocenters. The van der Waals surface area contributed by atoms with E-state index in [1.807, 2.05) is 13.8 Å². The SMILES string of the molecule is CCCCCCCCCCCCCCCC(=O)N[C@@H](CC(C)C)C(=O)N[C@@H](CC(N)=O)C(=O)O. The van der Waals surface area contributed by atoms with Gasteiger partial charge in [0.15, 0.2) is 0 Å². The van der Waals surface area contributed by atoms with Crippen molar-refractivity contribution in [1.82, 2.24) is 10.6 Å². The zero-order valence-corrected chi connectivity index (χ0v) is 21.7. The lowest BCUT2D eigenvalue weighted by Crippen LogP contribution is -2.52. The fourth-order valence-electron chi connectivity index (χ4n) is 3.95. The molecule has 0 heterocycles. The molecule has 0 bridgehead atoms. The third kappa shape index (κ3) is 18.3. The van der Waals surface area contributed by atoms with Crippen molar-refractivity contribution in [2.24, 2.45) is 11.7 Å². The number of primary amides is 1. The summed E-state index contributed by atoms with van der Waals surface area (Å²) < 4.78 is 0. The molecule has 0 aliphatic heterocycles. The van der Waals surface area contributed by atoms with Crippen molar-refractivity contribution in [1.29, 1.82) is 0 Å². The first-order chi connectivity index (χ1) is 16.2. The third-order valence-electron chi connectivity index (χ3n) is 5.89. The lowest BCUT2D eigenvalue weighted by molar-refractivity contribution is -0.143. The molecule has 0 rings (SSSR count). The van der Waals surface area contributed by atoms with E-state index in [1.165, 1.54) is 64.2 Å². The summed E-state index contributed by atoms with van der Waals surface area (Å²) >= 11 is 0. The molecule has 198 valence electrons. The number of unbranched alkanes of at least 4 members (excludes halogenated alkanes) is 12. The van der Waals surface area contributed by atoms with Crippen LogP contribution in [0.1, 0.15) is 124 Å². The highest BCUT2D eigenvalue weighted by Gasteiger charge is 2.28. The van der Waals surface area contributed by atoms with Crippen molar-refractivity contribution in [2.45, 2.75) is 136 Å². The molecular weight excluding hydrogens is 434 g/mol. The molecule has 34 heavy (non-hydrogen) atoms. The van der Waals surface area contributed by atoms with E-state index in [4.69, 9.17) is 5.73 Å². The van der Waals surface area contributed by atoms with Crippen molar-refractivity contribution in [3.63, 3.8) is 0 Å². The Morgan fingerprint density at radius 3 is 1.62 bits per heavy atom. The first-order valence-corrected chi connectivity index (χ1v) is 13.3. The maximum Gasteiger partial charge on any atom is 0.326 e. The van der Waals surface area contributed by atoms with Gasteiger partial charge in [-0.15, -0.1) is 0 Å². The number of carboxylic acid groups (broad SMARTS) is 1. The molecule has 0 spiro atoms. The number of carbonyl (C=O) groups excluding carboxylic acids is 3. The van der Waals surface area contributed by atoms with E-state index in [9.17, 15) is 24.3 Å². The Bertz CT molecular complexity index is 595. The zero-order chi connectivity index (χ0) is 25.8. The summed E-state index contributed by atoms with van der Waals surface area (Å²) in [5.41, 5.74) is 5.06. The van der Waals surface area contributed by atoms with Gasteiger partial charge in [-0.05, 0) is 18.8 Å². The number of nitrogens with two attached hydrogens (primary N) is 1. The van der Waals surface area contributed by atoms with E-state index in [2.05, 4.69) is 17.6 Å². The highest BCUT2D eigenvalue weighted by atomic mass is 16.4. The Balaban J connectivity index is 4.14. The van der Waals surface area contributed by atoms with Crippen LogP contribution in [0.25, 0.3) is 0 Å². The van der Waals surface area contributed by atoms with Gasteiger partial charge in [-0.1, -0.05) is 97.8 Å². The second kappa shape index (κ2) is 20.3. The van der Waals surface area contributed by atoms with E-state index in [1.54, 1.807) is 0 Å². The van der Waals surface area contributed by atoms with Crippen LogP contribution in [0.2, 0.25) is 0 Å². The molecule has 0 aliphatic carbocycles. The van der Waals surface area contributed by atoms with Crippen molar-refractivity contribution in [3.05, 3.63) is 0 Å². The van der Waals surface area contributed by atoms with Crippen molar-refractivity contribution < 1.29 is 24.3 Å². The van der Waals surface area contributed by atoms with Gasteiger partial charge < -0.3 is 21.5 Å². The summed E-state index contributed by atoms with van der Waals surface area (Å²) in [4.78, 5) is 47.3. The largest absolute Gasteiger partial charge is 0.480 e. The molecule has 5 N–H and O–H groups in total. The smallest absolute Gasteiger partial charge is 0.326 e. The molecule has 0 saturated carbocycles. The Hall–Kier alpha value is -2.12. The molecule has 3 amide bonds. The van der Waals surface area contributed by atoms with Crippen LogP contribution in [0, 0.1) is 5.92 Å². The first kappa shape index (κ1) is 31.9. The summed E-state index contributed by atoms with van der Waals surface area (Å²) in [6, 6.07) is -2.25. The Morgan fingerprint density at radius 2 is 1.21 bits per heavy atom. The van der Waals surface area contributed by atoms with Crippen molar-refractivity contribution in [2.75, 3.05) is 0 Å². The van der Waals surface area contributed by atoms with E-state index < -0.39 is 36.3 Å². The van der Waals surface area contributed by atoms with Crippen molar-refractivity contribution >= 4 is 23.7 Å². The van der Waals surface area contributed by atoms with Gasteiger partial charge in [0.1, 0.15) is 12.1 Å². The number of amides is 3. The highest BCUT2D eigenvalue weighted by molar-refractivity contribution is 5.92. The molecule has 2 atom stereocenters. The normalized spacial score (nSPS) is 12.8. The molecule has 0 radical (unpaired) electrons. The molecule has 0 saturated heterocycles. The average Bonchev–Trinajstić information content (AvgIpc) is 2.75. The van der Waals surface area contributed by atoms with Gasteiger partial charge in [0.25, 0.3) is 0 Å². The predicted molar refractivity (Wildman–Crippen MR) is 135 cm³/mol. The number of carbonyl (C=O) groups is 4. The topological polar surface area (TPSA) is 139 Å². The summed E-state index contributed by atoms with van der Waals surface area (Å²) in [5.74, 6) is -2.87. The lowest BCUT2D eigenvalue weighted by atomic mass is 10.0. The number of nitrogens with one attached hydrogen (secondary N) is 2. The Kier molecular flexibility index (Phi) is 19.0. The quantitative estimate of drug-likeness (QED) is 0.169. The van der Waals surface area contributed by atoms with Gasteiger partial charge in [0, 0.05) is 6.42 Å². The second-order valence-electron chi connectivity index (χ2n) is 9.81. The Labute approximate surface area is 206 Å². The maximum atomic E-state index is 12.6. The van der Waals surface area contributed by atoms with E-state index in [-0.39, 0.29) is 11.8 Å². The molecule has 0 aromatic heterocycles. The van der Waals surface area contributed by atoms with E-state index in [0.717, 1.165) is 19.3 Å². The van der Waals surface area contributed by atoms with Gasteiger partial charge in [-0.3, -0.25) is 14.4 Å². The number of hydrogen-bond donors (Lipinski definition) is 4. The minimum absolute atomic E-state index is 0.117. The van der Waals surface area contributed by atoms with E-state index >= 15 is 0 Å². The summed E-state index contributed by atoms with van der Waals surface area (Å²) in [6.07, 6.45) is 16.2. The van der Waals surface area contributed by atoms with E-state index in [0.29, 0.717) is 12.8 Å². The second-order valence-corrected chi connectivity index (χ2v) is 9.81. The standard InChI is InChI=1S/C26H49N3O5/c1-4-5-6-7-8-9-10-11-12-13-14-15-16-17-24(31)28-21(18-20(2)3)25(32)29-22(26(33)34)19-23(27)30/h20-22H,4-19H2,1-3H3,(H2,27,30)(H,28,31)(H,29,32)(H,33,34)/t21-,22-/m0/s1. The van der Waals surface area contributed by atoms with Crippen LogP contribution < -0.4 is 16.4 Å². The van der Waals surface area contributed by atoms with Crippen LogP contribution in [0.15, 0.2) is 0 Å². The zero-order valence-electron chi connectivity index (χ0n) is 21.7. The molecule has 0 aromatic rings. The fourth-order valence-corrected chi connectivity index (χ4v) is 3.95. The van der Waals surface area contributed by atoms with Crippen LogP contribution >= 0.6 is 0 Å². The number of carboxylic acids is 1. The molecule has 0 aromatic carbocycles. The van der Waals surface area contributed by atoms with Crippen molar-refractivity contribution in [3.8, 4) is 0 Å². The molecular formula is C26H49N3O5. The van der Waals surface area contributed by atoms with Gasteiger partial charge in [0.2, 0.25) is 17.7 Å². The van der Waals surface area contributed by atoms with Gasteiger partial charge in [0.05, 0.1) is 6.42 Å². The highest BCUT2D eigenvalue weighted by Crippen LogP contribution is 2.13. The predicted octanol–water partition coefficient (Wildman–Crippen LogP) is 4.44. The molecule has 8 nitrogen and oxygen atoms in total. The van der Waals surface area contributed by atoms with Crippen LogP contribution in [0.5, 0.6) is 0 Å². The minimum Gasteiger partial charge on any atom is -0.480 e. The van der Waals surface area contributed by atoms with Gasteiger partial charge in [-0.25, -0.2) is 4.79 Å². The van der Waals surface area contributed by atoms with Crippen LogP contribution in [-0.2, 0) is 19.2 Å². The molecule has 0 fully saturated rings. The summed E-state index contributed by atoms with van der Waals surface area (Å²) in [7, 11) is 0. The third-order valence-corrected chi connectivity index (χ3v) is 5.89.